The number of fused-ring (bicyclic) bond motifs is 2. The Hall–Kier alpha value is -4.88. The predicted octanol–water partition coefficient (Wildman–Crippen LogP) is 3.42. The van der Waals surface area contributed by atoms with Crippen LogP contribution < -0.4 is 15.4 Å². The number of carbonyl (C=O) groups excluding carboxylic acids is 5. The van der Waals surface area contributed by atoms with E-state index in [1.807, 2.05) is 20.8 Å². The molecule has 47 heavy (non-hydrogen) atoms. The Morgan fingerprint density at radius 3 is 2.60 bits per heavy atom. The summed E-state index contributed by atoms with van der Waals surface area (Å²) in [5, 5.41) is 9.25. The van der Waals surface area contributed by atoms with Gasteiger partial charge in [0.05, 0.1) is 12.2 Å². The minimum absolute atomic E-state index is 0.0311. The summed E-state index contributed by atoms with van der Waals surface area (Å²) in [4.78, 5) is 69.2. The van der Waals surface area contributed by atoms with Crippen molar-refractivity contribution in [3.8, 4) is 5.75 Å². The maximum atomic E-state index is 14.6. The van der Waals surface area contributed by atoms with Gasteiger partial charge >= 0.3 is 6.09 Å². The van der Waals surface area contributed by atoms with Crippen LogP contribution in [-0.4, -0.2) is 80.3 Å². The third-order valence-corrected chi connectivity index (χ3v) is 8.14. The highest BCUT2D eigenvalue weighted by Crippen LogP contribution is 2.25. The number of ether oxygens (including phenoxy) is 2. The van der Waals surface area contributed by atoms with Crippen molar-refractivity contribution in [2.24, 2.45) is 5.92 Å². The van der Waals surface area contributed by atoms with Crippen LogP contribution in [0.2, 0.25) is 0 Å². The molecule has 0 saturated carbocycles. The van der Waals surface area contributed by atoms with Crippen molar-refractivity contribution in [2.45, 2.75) is 78.0 Å². The summed E-state index contributed by atoms with van der Waals surface area (Å²) in [7, 11) is 0. The molecule has 3 amide bonds. The zero-order valence-corrected chi connectivity index (χ0v) is 26.9. The fourth-order valence-corrected chi connectivity index (χ4v) is 5.58. The Morgan fingerprint density at radius 1 is 1.13 bits per heavy atom. The lowest BCUT2D eigenvalue weighted by molar-refractivity contribution is -0.121. The Balaban J connectivity index is 1.17. The fourth-order valence-electron chi connectivity index (χ4n) is 5.58. The molecule has 0 radical (unpaired) electrons. The molecule has 0 unspecified atom stereocenters. The molecule has 4 heterocycles. The lowest BCUT2D eigenvalue weighted by Gasteiger charge is -2.33. The number of benzene rings is 1. The molecule has 2 N–H and O–H groups in total. The minimum Gasteiger partial charge on any atom is -0.486 e. The van der Waals surface area contributed by atoms with Crippen LogP contribution in [0.4, 0.5) is 9.18 Å². The molecule has 14 heteroatoms. The number of aromatic nitrogens is 3. The number of hydrogen-bond acceptors (Lipinski definition) is 9. The number of amides is 3. The Bertz CT molecular complexity index is 1710. The number of Topliss-reactive ketones (excluding diaryl/α,β-unsaturated/α-hetero) is 2. The third-order valence-electron chi connectivity index (χ3n) is 8.14. The Labute approximate surface area is 271 Å². The molecule has 1 fully saturated rings. The Morgan fingerprint density at radius 2 is 1.87 bits per heavy atom. The van der Waals surface area contributed by atoms with E-state index < -0.39 is 29.3 Å². The number of carbonyl (C=O) groups is 5. The SMILES string of the molecule is C[C@H](NC(=O)c1cc(C(=O)NCc2ccc3c(c2)CC(=O)CO3)nc2c(F)cnn12)C(=O)CCC1CCN(C(=O)OC(C)(C)C)CC1. The van der Waals surface area contributed by atoms with Gasteiger partial charge in [0.25, 0.3) is 11.8 Å². The zero-order valence-electron chi connectivity index (χ0n) is 26.9. The second-order valence-corrected chi connectivity index (χ2v) is 13.0. The standard InChI is InChI=1S/C33H39FN6O7/c1-19(27(42)7-5-20-9-11-39(12-10-20)32(45)47-33(2,3)4)37-31(44)26-15-25(38-29-24(34)17-36-40(26)29)30(43)35-16-21-6-8-28-22(13-21)14-23(41)18-46-28/h6,8,13,15,17,19-20H,5,7,9-12,14,16,18H2,1-4H3,(H,35,43)(H,37,44)/t19-/m0/s1. The molecule has 3 aromatic rings. The monoisotopic (exact) mass is 650 g/mol. The van der Waals surface area contributed by atoms with Gasteiger partial charge in [0.1, 0.15) is 29.3 Å². The normalized spacial score (nSPS) is 15.9. The second-order valence-electron chi connectivity index (χ2n) is 13.0. The molecule has 1 aromatic carbocycles. The van der Waals surface area contributed by atoms with Crippen LogP contribution in [0.25, 0.3) is 5.65 Å². The van der Waals surface area contributed by atoms with Crippen LogP contribution >= 0.6 is 0 Å². The molecule has 0 spiro atoms. The summed E-state index contributed by atoms with van der Waals surface area (Å²) in [6, 6.07) is 5.59. The van der Waals surface area contributed by atoms with Crippen molar-refractivity contribution in [1.29, 1.82) is 0 Å². The molecule has 0 aliphatic carbocycles. The lowest BCUT2D eigenvalue weighted by Crippen LogP contribution is -2.42. The van der Waals surface area contributed by atoms with E-state index in [0.717, 1.165) is 29.1 Å². The lowest BCUT2D eigenvalue weighted by atomic mass is 9.90. The van der Waals surface area contributed by atoms with E-state index in [-0.39, 0.29) is 66.6 Å². The second kappa shape index (κ2) is 13.9. The highest BCUT2D eigenvalue weighted by molar-refractivity contribution is 6.00. The van der Waals surface area contributed by atoms with Crippen LogP contribution in [0, 0.1) is 11.7 Å². The molecular formula is C33H39FN6O7. The molecule has 2 aromatic heterocycles. The van der Waals surface area contributed by atoms with E-state index in [9.17, 15) is 28.4 Å². The zero-order chi connectivity index (χ0) is 33.9. The third kappa shape index (κ3) is 8.29. The van der Waals surface area contributed by atoms with Gasteiger partial charge in [-0.3, -0.25) is 19.2 Å². The van der Waals surface area contributed by atoms with Gasteiger partial charge in [-0.25, -0.2) is 18.7 Å². The quantitative estimate of drug-likeness (QED) is 0.354. The maximum absolute atomic E-state index is 14.6. The van der Waals surface area contributed by atoms with Gasteiger partial charge in [0, 0.05) is 44.1 Å². The highest BCUT2D eigenvalue weighted by Gasteiger charge is 2.28. The van der Waals surface area contributed by atoms with Crippen LogP contribution in [0.5, 0.6) is 5.75 Å². The summed E-state index contributed by atoms with van der Waals surface area (Å²) in [6.45, 7) is 8.26. The van der Waals surface area contributed by atoms with Gasteiger partial charge in [-0.2, -0.15) is 5.10 Å². The molecule has 1 atom stereocenters. The van der Waals surface area contributed by atoms with Gasteiger partial charge in [-0.1, -0.05) is 6.07 Å². The number of likely N-dealkylation sites (tertiary alicyclic amines) is 1. The average molecular weight is 651 g/mol. The number of nitrogens with one attached hydrogen (secondary N) is 2. The summed E-state index contributed by atoms with van der Waals surface area (Å²) < 4.78 is 26.4. The number of ketones is 2. The fraction of sp³-hybridized carbons (Fsp3) is 0.485. The summed E-state index contributed by atoms with van der Waals surface area (Å²) in [5.74, 6) is -1.56. The highest BCUT2D eigenvalue weighted by atomic mass is 19.1. The van der Waals surface area contributed by atoms with Gasteiger partial charge in [-0.05, 0) is 70.6 Å². The van der Waals surface area contributed by atoms with Gasteiger partial charge < -0.3 is 25.0 Å². The largest absolute Gasteiger partial charge is 0.486 e. The number of rotatable bonds is 9. The molecule has 2 aliphatic rings. The van der Waals surface area contributed by atoms with E-state index >= 15 is 0 Å². The first-order valence-electron chi connectivity index (χ1n) is 15.7. The molecule has 2 aliphatic heterocycles. The smallest absolute Gasteiger partial charge is 0.410 e. The van der Waals surface area contributed by atoms with Gasteiger partial charge in [0.15, 0.2) is 23.0 Å². The van der Waals surface area contributed by atoms with E-state index in [4.69, 9.17) is 9.47 Å². The molecule has 1 saturated heterocycles. The topological polar surface area (TPSA) is 161 Å². The van der Waals surface area contributed by atoms with E-state index in [1.165, 1.54) is 6.07 Å². The van der Waals surface area contributed by atoms with Crippen LogP contribution in [0.1, 0.15) is 85.5 Å². The van der Waals surface area contributed by atoms with E-state index in [1.54, 1.807) is 30.0 Å². The first-order chi connectivity index (χ1) is 22.3. The van der Waals surface area contributed by atoms with Crippen LogP contribution in [-0.2, 0) is 27.3 Å². The van der Waals surface area contributed by atoms with Crippen molar-refractivity contribution in [3.63, 3.8) is 0 Å². The van der Waals surface area contributed by atoms with Gasteiger partial charge in [-0.15, -0.1) is 0 Å². The van der Waals surface area contributed by atoms with Crippen molar-refractivity contribution >= 4 is 35.1 Å². The summed E-state index contributed by atoms with van der Waals surface area (Å²) in [6.07, 6.45) is 3.14. The van der Waals surface area contributed by atoms with E-state index in [2.05, 4.69) is 20.7 Å². The first kappa shape index (κ1) is 33.5. The van der Waals surface area contributed by atoms with Crippen LogP contribution in [0.15, 0.2) is 30.5 Å². The van der Waals surface area contributed by atoms with Crippen molar-refractivity contribution in [3.05, 3.63) is 58.8 Å². The van der Waals surface area contributed by atoms with Crippen molar-refractivity contribution in [2.75, 3.05) is 19.7 Å². The number of hydrogen-bond donors (Lipinski definition) is 2. The first-order valence-corrected chi connectivity index (χ1v) is 15.7. The summed E-state index contributed by atoms with van der Waals surface area (Å²) in [5.41, 5.74) is 0.179. The van der Waals surface area contributed by atoms with Crippen molar-refractivity contribution in [1.82, 2.24) is 30.1 Å². The summed E-state index contributed by atoms with van der Waals surface area (Å²) >= 11 is 0. The number of halogens is 1. The number of piperidine rings is 1. The average Bonchev–Trinajstić information content (AvgIpc) is 3.41. The molecular weight excluding hydrogens is 611 g/mol. The molecule has 13 nitrogen and oxygen atoms in total. The predicted molar refractivity (Wildman–Crippen MR) is 166 cm³/mol. The number of nitrogens with zero attached hydrogens (tertiary/aromatic N) is 4. The maximum Gasteiger partial charge on any atom is 0.410 e. The molecule has 250 valence electrons. The van der Waals surface area contributed by atoms with E-state index in [0.29, 0.717) is 30.8 Å². The van der Waals surface area contributed by atoms with Crippen molar-refractivity contribution < 1.29 is 37.8 Å². The van der Waals surface area contributed by atoms with Crippen LogP contribution in [0.3, 0.4) is 0 Å². The minimum atomic E-state index is -0.856. The van der Waals surface area contributed by atoms with Gasteiger partial charge in [0.2, 0.25) is 0 Å². The Kier molecular flexibility index (Phi) is 9.87. The molecule has 0 bridgehead atoms. The molecule has 5 rings (SSSR count).